The highest BCUT2D eigenvalue weighted by atomic mass is 32.3. The first-order valence-electron chi connectivity index (χ1n) is 32.1. The maximum atomic E-state index is 13.1. The highest BCUT2D eigenvalue weighted by Gasteiger charge is 2.62. The van der Waals surface area contributed by atoms with Crippen LogP contribution in [0.2, 0.25) is 0 Å². The van der Waals surface area contributed by atoms with Gasteiger partial charge in [0.2, 0.25) is 23.6 Å². The number of aliphatic carboxylic acids is 1. The summed E-state index contributed by atoms with van der Waals surface area (Å²) in [5.41, 5.74) is 0. The summed E-state index contributed by atoms with van der Waals surface area (Å²) in [4.78, 5) is 63.4. The molecule has 0 aromatic heterocycles. The zero-order chi connectivity index (χ0) is 81.3. The molecule has 0 unspecified atom stereocenters. The molecule has 55 heteroatoms. The molecule has 6 aliphatic heterocycles. The molecule has 108 heavy (non-hydrogen) atoms. The molecule has 6 saturated heterocycles. The molecule has 52 nitrogen and oxygen atoms in total. The van der Waals surface area contributed by atoms with E-state index in [1.165, 1.54) is 0 Å². The number of amides is 4. The Morgan fingerprint density at radius 3 is 1.36 bits per heavy atom. The lowest BCUT2D eigenvalue weighted by molar-refractivity contribution is -0.378. The third kappa shape index (κ3) is 23.9. The number of aliphatic hydroxyl groups is 18. The van der Waals surface area contributed by atoms with Gasteiger partial charge in [0, 0.05) is 34.1 Å². The van der Waals surface area contributed by atoms with Crippen LogP contribution in [0.3, 0.4) is 0 Å². The molecule has 0 aromatic rings. The predicted octanol–water partition coefficient (Wildman–Crippen LogP) is -17.4. The zero-order valence-electron chi connectivity index (χ0n) is 56.7. The van der Waals surface area contributed by atoms with Gasteiger partial charge in [-0.05, 0) is 0 Å². The smallest absolute Gasteiger partial charge is 0.397 e. The van der Waals surface area contributed by atoms with Gasteiger partial charge in [-0.15, -0.1) is 0 Å². The fraction of sp³-hybridized carbons (Fsp3) is 0.906. The van der Waals surface area contributed by atoms with Crippen molar-refractivity contribution in [3.8, 4) is 0 Å². The Balaban J connectivity index is 1.28. The summed E-state index contributed by atoms with van der Waals surface area (Å²) < 4.78 is 180. The van der Waals surface area contributed by atoms with Crippen molar-refractivity contribution in [2.24, 2.45) is 0 Å². The Kier molecular flexibility index (Phi) is 33.6. The number of carbonyl (C=O) groups excluding carboxylic acids is 4. The van der Waals surface area contributed by atoms with Crippen LogP contribution in [0.15, 0.2) is 0 Å². The van der Waals surface area contributed by atoms with Crippen molar-refractivity contribution in [2.75, 3.05) is 52.9 Å². The Hall–Kier alpha value is -4.24. The first-order chi connectivity index (χ1) is 50.1. The number of nitrogens with one attached hydrogen (secondary N) is 4. The third-order valence-corrected chi connectivity index (χ3v) is 18.7. The lowest BCUT2D eigenvalue weighted by Gasteiger charge is -2.50. The summed E-state index contributed by atoms with van der Waals surface area (Å²) in [6.07, 6.45) is -71.2. The molecule has 6 fully saturated rings. The van der Waals surface area contributed by atoms with Gasteiger partial charge in [-0.2, -0.15) is 25.3 Å². The number of hydrogen-bond donors (Lipinski definition) is 26. The monoisotopic (exact) mass is 1650 g/mol. The van der Waals surface area contributed by atoms with E-state index in [-0.39, 0.29) is 0 Å². The molecule has 628 valence electrons. The standard InChI is InChI=1S/C53H90N4O48S3/c1-14(62)54-18(6-58)41(100-51-40(79)46(34(73)23(9-61)96-51)105-53(52(80)81)5-19(66)27(55-15(2)63)44(104-53)30(69)20(67)7-59)31(70)21(68)10-91-47-28(56-16(3)64)35(74)42(25(98-47)12-93-107(85,86)87)102-50-39(78)45(33(72)22(8-60)95-50)103-48-29(57-17(4)65)36(75)43(26(99-48)13-94-108(88,89)90)101-49-38(77)37(76)32(71)24(97-49)11-92-106(82,83)84/h18-51,58-61,66-79H,5-13H2,1-4H3,(H,54,62)(H,55,63)(H,56,64)(H,57,65)(H,80,81)(H,82,83,84)(H,85,86,87)(H,88,89,90)/t18-,19-,20+,21+,22+,23+,24+,25+,26+,27+,28+,29+,30+,31-,32-,33-,34-,35+,36+,37-,38+,39+,40+,41+,42+,43+,44+,45-,46-,47+,48-,49-,50-,51-,53-/m0/s1. The summed E-state index contributed by atoms with van der Waals surface area (Å²) in [6, 6.07) is -7.95. The van der Waals surface area contributed by atoms with E-state index in [4.69, 9.17) is 61.4 Å². The fourth-order valence-corrected chi connectivity index (χ4v) is 13.2. The van der Waals surface area contributed by atoms with Gasteiger partial charge >= 0.3 is 37.2 Å². The van der Waals surface area contributed by atoms with Crippen LogP contribution in [-0.4, -0.2) is 432 Å². The van der Waals surface area contributed by atoms with Crippen LogP contribution in [0.25, 0.3) is 0 Å². The van der Waals surface area contributed by atoms with Crippen LogP contribution >= 0.6 is 0 Å². The lowest BCUT2D eigenvalue weighted by Crippen LogP contribution is -2.70. The van der Waals surface area contributed by atoms with Gasteiger partial charge in [0.05, 0.1) is 71.0 Å². The van der Waals surface area contributed by atoms with E-state index in [1.54, 1.807) is 0 Å². The van der Waals surface area contributed by atoms with Crippen LogP contribution in [0, 0.1) is 0 Å². The summed E-state index contributed by atoms with van der Waals surface area (Å²) >= 11 is 0. The molecule has 6 aliphatic rings. The molecule has 0 aliphatic carbocycles. The van der Waals surface area contributed by atoms with Crippen molar-refractivity contribution >= 4 is 60.8 Å². The highest BCUT2D eigenvalue weighted by molar-refractivity contribution is 7.81. The van der Waals surface area contributed by atoms with Gasteiger partial charge in [-0.25, -0.2) is 17.3 Å². The van der Waals surface area contributed by atoms with E-state index in [9.17, 15) is 155 Å². The minimum Gasteiger partial charge on any atom is -0.477 e. The van der Waals surface area contributed by atoms with Crippen molar-refractivity contribution in [2.45, 2.75) is 248 Å². The molecular weight excluding hydrogens is 1560 g/mol. The number of hydrogen-bond acceptors (Lipinski definition) is 44. The normalized spacial score (nSPS) is 39.6. The average molecular weight is 1650 g/mol. The molecule has 6 heterocycles. The van der Waals surface area contributed by atoms with Gasteiger partial charge in [-0.1, -0.05) is 0 Å². The number of carbonyl (C=O) groups is 5. The van der Waals surface area contributed by atoms with E-state index in [1.807, 2.05) is 0 Å². The minimum atomic E-state index is -5.57. The molecule has 0 radical (unpaired) electrons. The van der Waals surface area contributed by atoms with E-state index in [0.717, 1.165) is 27.7 Å². The maximum absolute atomic E-state index is 13.1. The van der Waals surface area contributed by atoms with Crippen LogP contribution in [0.4, 0.5) is 0 Å². The summed E-state index contributed by atoms with van der Waals surface area (Å²) in [7, 11) is -16.4. The second kappa shape index (κ2) is 39.2. The van der Waals surface area contributed by atoms with Gasteiger partial charge < -0.3 is 175 Å². The Morgan fingerprint density at radius 1 is 0.472 bits per heavy atom. The van der Waals surface area contributed by atoms with Crippen molar-refractivity contribution < 1.29 is 229 Å². The van der Waals surface area contributed by atoms with E-state index in [0.29, 0.717) is 0 Å². The second-order valence-corrected chi connectivity index (χ2v) is 28.6. The van der Waals surface area contributed by atoms with Gasteiger partial charge in [0.25, 0.3) is 5.79 Å². The first-order valence-corrected chi connectivity index (χ1v) is 36.2. The molecule has 0 aromatic carbocycles. The lowest BCUT2D eigenvalue weighted by atomic mass is 9.88. The van der Waals surface area contributed by atoms with E-state index < -0.39 is 334 Å². The highest BCUT2D eigenvalue weighted by Crippen LogP contribution is 2.40. The summed E-state index contributed by atoms with van der Waals surface area (Å²) in [5.74, 6) is -9.58. The number of rotatable bonds is 36. The molecule has 0 spiro atoms. The number of ether oxygens (including phenoxy) is 12. The minimum absolute atomic E-state index is 0.823. The average Bonchev–Trinajstić information content (AvgIpc) is 0.769. The second-order valence-electron chi connectivity index (χ2n) is 25.3. The molecular formula is C53H90N4O48S3. The topological polar surface area (TPSA) is 819 Å². The number of carboxylic acids is 1. The van der Waals surface area contributed by atoms with Crippen LogP contribution < -0.4 is 21.3 Å². The SMILES string of the molecule is CC(=O)N[C@H]1[C@H](O[C@H]2[C@@H](O)[C@@H](CO)O[C@@H](O[C@H]3[C@H](O)[C@@H](NC(C)=O)[C@H](OC[C@@H](O)[C@H](O)[C@H](O[C@@H]4O[C@H](CO)[C@H](O)[C@H](O[C@]5(C(=O)O)C[C@H](O)[C@@H](NC(C)=O)[C@H]([C@H](O)[C@H](O)CO)O5)[C@H]4O)[C@H](CO)NC(C)=O)O[C@@H]3COS(=O)(=O)O)[C@@H]2O)O[C@H](COS(=O)(=O)O)[C@@H](O[C@@H]2O[C@H](COS(=O)(=O)O)[C@H](O)[C@H](O)[C@H]2O)[C@@H]1O. The molecule has 26 N–H and O–H groups in total. The zero-order valence-corrected chi connectivity index (χ0v) is 59.1. The summed E-state index contributed by atoms with van der Waals surface area (Å²) in [5, 5.41) is 219. The van der Waals surface area contributed by atoms with Crippen molar-refractivity contribution in [3.63, 3.8) is 0 Å². The van der Waals surface area contributed by atoms with Gasteiger partial charge in [0.15, 0.2) is 31.5 Å². The molecule has 6 rings (SSSR count). The number of aliphatic hydroxyl groups excluding tert-OH is 18. The fourth-order valence-electron chi connectivity index (χ4n) is 12.2. The first kappa shape index (κ1) is 92.6. The number of carboxylic acid groups (broad SMARTS) is 1. The van der Waals surface area contributed by atoms with Crippen LogP contribution in [-0.2, 0) is 125 Å². The quantitative estimate of drug-likeness (QED) is 0.0259. The maximum Gasteiger partial charge on any atom is 0.397 e. The van der Waals surface area contributed by atoms with Crippen molar-refractivity contribution in [1.29, 1.82) is 0 Å². The molecule has 0 saturated carbocycles. The Labute approximate surface area is 610 Å². The Morgan fingerprint density at radius 2 is 0.898 bits per heavy atom. The molecule has 4 amide bonds. The predicted molar refractivity (Wildman–Crippen MR) is 329 cm³/mol. The Bertz CT molecular complexity index is 3310. The summed E-state index contributed by atoms with van der Waals surface area (Å²) in [6.45, 7) is -7.20. The van der Waals surface area contributed by atoms with Crippen molar-refractivity contribution in [3.05, 3.63) is 0 Å². The van der Waals surface area contributed by atoms with Gasteiger partial charge in [0.1, 0.15) is 159 Å². The van der Waals surface area contributed by atoms with Crippen LogP contribution in [0.5, 0.6) is 0 Å². The molecule has 35 atom stereocenters. The van der Waals surface area contributed by atoms with E-state index >= 15 is 0 Å². The third-order valence-electron chi connectivity index (χ3n) is 17.4. The van der Waals surface area contributed by atoms with Gasteiger partial charge in [-0.3, -0.25) is 32.8 Å². The largest absolute Gasteiger partial charge is 0.477 e. The van der Waals surface area contributed by atoms with E-state index in [2.05, 4.69) is 33.8 Å². The van der Waals surface area contributed by atoms with Crippen molar-refractivity contribution in [1.82, 2.24) is 21.3 Å². The molecule has 0 bridgehead atoms. The van der Waals surface area contributed by atoms with Crippen LogP contribution in [0.1, 0.15) is 34.1 Å².